The van der Waals surface area contributed by atoms with Gasteiger partial charge < -0.3 is 9.84 Å². The van der Waals surface area contributed by atoms with E-state index in [1.54, 1.807) is 0 Å². The number of carbonyl (C=O) groups is 1. The molecule has 4 heteroatoms. The van der Waals surface area contributed by atoms with Gasteiger partial charge in [-0.05, 0) is 25.7 Å². The van der Waals surface area contributed by atoms with Gasteiger partial charge in [0.25, 0.3) is 0 Å². The van der Waals surface area contributed by atoms with Crippen LogP contribution in [0.2, 0.25) is 0 Å². The van der Waals surface area contributed by atoms with Crippen molar-refractivity contribution in [1.29, 1.82) is 0 Å². The quantitative estimate of drug-likeness (QED) is 0.848. The van der Waals surface area contributed by atoms with Crippen LogP contribution in [0.25, 0.3) is 0 Å². The molecule has 1 N–H and O–H groups in total. The van der Waals surface area contributed by atoms with Gasteiger partial charge in [0.2, 0.25) is 5.91 Å². The van der Waals surface area contributed by atoms with Gasteiger partial charge in [0.1, 0.15) is 0 Å². The molecule has 88 valence electrons. The van der Waals surface area contributed by atoms with Crippen molar-refractivity contribution in [3.05, 3.63) is 17.5 Å². The Morgan fingerprint density at radius 2 is 2.44 bits per heavy atom. The van der Waals surface area contributed by atoms with E-state index in [1.807, 2.05) is 19.9 Å². The largest absolute Gasteiger partial charge is 0.359 e. The molecule has 1 heterocycles. The van der Waals surface area contributed by atoms with Gasteiger partial charge in [0, 0.05) is 12.0 Å². The predicted octanol–water partition coefficient (Wildman–Crippen LogP) is 2.04. The maximum absolute atomic E-state index is 11.8. The summed E-state index contributed by atoms with van der Waals surface area (Å²) in [7, 11) is 0. The van der Waals surface area contributed by atoms with Gasteiger partial charge >= 0.3 is 0 Å². The van der Waals surface area contributed by atoms with Crippen LogP contribution in [0.4, 0.5) is 0 Å². The number of rotatable bonds is 4. The zero-order chi connectivity index (χ0) is 11.5. The first-order valence-electron chi connectivity index (χ1n) is 5.86. The highest BCUT2D eigenvalue weighted by atomic mass is 16.5. The van der Waals surface area contributed by atoms with Crippen LogP contribution in [0.1, 0.15) is 37.6 Å². The van der Waals surface area contributed by atoms with E-state index in [4.69, 9.17) is 4.52 Å². The van der Waals surface area contributed by atoms with Crippen molar-refractivity contribution < 1.29 is 9.32 Å². The molecular weight excluding hydrogens is 204 g/mol. The average molecular weight is 222 g/mol. The summed E-state index contributed by atoms with van der Waals surface area (Å²) >= 11 is 0. The summed E-state index contributed by atoms with van der Waals surface area (Å²) in [6.07, 6.45) is 3.65. The Bertz CT molecular complexity index is 369. The minimum absolute atomic E-state index is 0.123. The second-order valence-electron chi connectivity index (χ2n) is 4.63. The summed E-state index contributed by atoms with van der Waals surface area (Å²) in [5.74, 6) is 1.54. The van der Waals surface area contributed by atoms with Crippen molar-refractivity contribution in [2.75, 3.05) is 0 Å². The topological polar surface area (TPSA) is 55.1 Å². The Kier molecular flexibility index (Phi) is 3.27. The molecule has 1 aromatic heterocycles. The van der Waals surface area contributed by atoms with Crippen LogP contribution < -0.4 is 5.32 Å². The average Bonchev–Trinajstić information content (AvgIpc) is 2.58. The fourth-order valence-corrected chi connectivity index (χ4v) is 1.99. The first-order valence-corrected chi connectivity index (χ1v) is 5.86. The number of nitrogens with zero attached hydrogens (tertiary/aromatic N) is 1. The van der Waals surface area contributed by atoms with Crippen molar-refractivity contribution in [3.63, 3.8) is 0 Å². The van der Waals surface area contributed by atoms with E-state index >= 15 is 0 Å². The number of amides is 1. The minimum atomic E-state index is 0.123. The molecule has 0 aromatic carbocycles. The second-order valence-corrected chi connectivity index (χ2v) is 4.63. The number of aryl methyl sites for hydroxylation is 1. The number of hydrogen-bond donors (Lipinski definition) is 1. The molecule has 4 nitrogen and oxygen atoms in total. The second kappa shape index (κ2) is 4.68. The lowest BCUT2D eigenvalue weighted by atomic mass is 9.76. The Morgan fingerprint density at radius 1 is 1.69 bits per heavy atom. The Labute approximate surface area is 95.4 Å². The van der Waals surface area contributed by atoms with E-state index in [0.717, 1.165) is 5.69 Å². The van der Waals surface area contributed by atoms with E-state index in [9.17, 15) is 4.79 Å². The lowest BCUT2D eigenvalue weighted by molar-refractivity contribution is -0.127. The van der Waals surface area contributed by atoms with Gasteiger partial charge in [-0.2, -0.15) is 0 Å². The van der Waals surface area contributed by atoms with Gasteiger partial charge in [-0.1, -0.05) is 18.5 Å². The summed E-state index contributed by atoms with van der Waals surface area (Å²) in [5, 5.41) is 6.66. The number of hydrogen-bond acceptors (Lipinski definition) is 3. The molecule has 1 amide bonds. The molecule has 16 heavy (non-hydrogen) atoms. The number of nitrogens with one attached hydrogen (secondary N) is 1. The zero-order valence-electron chi connectivity index (χ0n) is 9.82. The molecule has 1 aliphatic carbocycles. The molecule has 1 aliphatic rings. The minimum Gasteiger partial charge on any atom is -0.359 e. The van der Waals surface area contributed by atoms with Crippen LogP contribution in [-0.4, -0.2) is 11.1 Å². The Morgan fingerprint density at radius 3 is 2.94 bits per heavy atom. The Balaban J connectivity index is 1.78. The smallest absolute Gasteiger partial charge is 0.223 e. The Hall–Kier alpha value is -1.32. The van der Waals surface area contributed by atoms with Gasteiger partial charge in [-0.3, -0.25) is 4.79 Å². The van der Waals surface area contributed by atoms with Gasteiger partial charge in [-0.15, -0.1) is 0 Å². The zero-order valence-corrected chi connectivity index (χ0v) is 9.82. The normalized spacial score (nSPS) is 17.9. The maximum atomic E-state index is 11.8. The summed E-state index contributed by atoms with van der Waals surface area (Å²) in [4.78, 5) is 11.8. The van der Waals surface area contributed by atoms with E-state index in [0.29, 0.717) is 18.2 Å². The monoisotopic (exact) mass is 222 g/mol. The van der Waals surface area contributed by atoms with Gasteiger partial charge in [0.15, 0.2) is 5.76 Å². The van der Waals surface area contributed by atoms with E-state index < -0.39 is 0 Å². The van der Waals surface area contributed by atoms with E-state index in [-0.39, 0.29) is 11.8 Å². The van der Waals surface area contributed by atoms with Crippen molar-refractivity contribution in [1.82, 2.24) is 10.5 Å². The summed E-state index contributed by atoms with van der Waals surface area (Å²) in [6.45, 7) is 4.31. The van der Waals surface area contributed by atoms with Crippen LogP contribution >= 0.6 is 0 Å². The van der Waals surface area contributed by atoms with Gasteiger partial charge in [-0.25, -0.2) is 0 Å². The summed E-state index contributed by atoms with van der Waals surface area (Å²) < 4.78 is 5.03. The van der Waals surface area contributed by atoms with Crippen LogP contribution in [-0.2, 0) is 11.3 Å². The fraction of sp³-hybridized carbons (Fsp3) is 0.667. The lowest BCUT2D eigenvalue weighted by Crippen LogP contribution is -2.35. The van der Waals surface area contributed by atoms with Gasteiger partial charge in [0.05, 0.1) is 12.2 Å². The summed E-state index contributed by atoms with van der Waals surface area (Å²) in [6, 6.07) is 1.84. The molecule has 1 aromatic rings. The van der Waals surface area contributed by atoms with Crippen LogP contribution in [0.5, 0.6) is 0 Å². The highest BCUT2D eigenvalue weighted by molar-refractivity contribution is 5.78. The molecule has 0 spiro atoms. The standard InChI is InChI=1S/C12H18N2O2/c1-8-6-11(16-14-8)7-13-12(15)9(2)10-4-3-5-10/h6,9-10H,3-5,7H2,1-2H3,(H,13,15). The third-order valence-electron chi connectivity index (χ3n) is 3.38. The molecular formula is C12H18N2O2. The van der Waals surface area contributed by atoms with Crippen LogP contribution in [0, 0.1) is 18.8 Å². The van der Waals surface area contributed by atoms with E-state index in [2.05, 4.69) is 10.5 Å². The molecule has 0 radical (unpaired) electrons. The third-order valence-corrected chi connectivity index (χ3v) is 3.38. The molecule has 0 bridgehead atoms. The number of aromatic nitrogens is 1. The van der Waals surface area contributed by atoms with Crippen LogP contribution in [0.3, 0.4) is 0 Å². The maximum Gasteiger partial charge on any atom is 0.223 e. The highest BCUT2D eigenvalue weighted by Crippen LogP contribution is 2.33. The number of carbonyl (C=O) groups excluding carboxylic acids is 1. The molecule has 2 rings (SSSR count). The molecule has 1 fully saturated rings. The van der Waals surface area contributed by atoms with Crippen molar-refractivity contribution in [3.8, 4) is 0 Å². The first kappa shape index (κ1) is 11.2. The first-order chi connectivity index (χ1) is 7.66. The lowest BCUT2D eigenvalue weighted by Gasteiger charge is -2.30. The molecule has 0 saturated heterocycles. The third kappa shape index (κ3) is 2.43. The molecule has 0 aliphatic heterocycles. The highest BCUT2D eigenvalue weighted by Gasteiger charge is 2.28. The van der Waals surface area contributed by atoms with Crippen LogP contribution in [0.15, 0.2) is 10.6 Å². The van der Waals surface area contributed by atoms with Crippen molar-refractivity contribution in [2.24, 2.45) is 11.8 Å². The molecule has 1 saturated carbocycles. The molecule has 1 atom stereocenters. The fourth-order valence-electron chi connectivity index (χ4n) is 1.99. The van der Waals surface area contributed by atoms with Crippen molar-refractivity contribution >= 4 is 5.91 Å². The van der Waals surface area contributed by atoms with Crippen molar-refractivity contribution in [2.45, 2.75) is 39.7 Å². The summed E-state index contributed by atoms with van der Waals surface area (Å²) in [5.41, 5.74) is 0.844. The predicted molar refractivity (Wildman–Crippen MR) is 59.6 cm³/mol. The van der Waals surface area contributed by atoms with E-state index in [1.165, 1.54) is 19.3 Å². The SMILES string of the molecule is Cc1cc(CNC(=O)C(C)C2CCC2)on1. The molecule has 1 unspecified atom stereocenters.